The Morgan fingerprint density at radius 2 is 2.05 bits per heavy atom. The van der Waals surface area contributed by atoms with E-state index in [1.807, 2.05) is 0 Å². The largest absolute Gasteiger partial charge is 0.378 e. The third-order valence-electron chi connectivity index (χ3n) is 2.58. The number of benzene rings is 1. The standard InChI is InChI=1S/C13H20N4O3/c1-13(2,14)8-15-10-7-9(12(18)16(3)4)5-6-11(10)17(19)20/h5-7,15H,8,14H2,1-4H3. The van der Waals surface area contributed by atoms with Crippen molar-refractivity contribution in [1.82, 2.24) is 4.90 Å². The number of carbonyl (C=O) groups excluding carboxylic acids is 1. The number of nitrogens with two attached hydrogens (primary N) is 1. The quantitative estimate of drug-likeness (QED) is 0.627. The number of amides is 1. The smallest absolute Gasteiger partial charge is 0.292 e. The van der Waals surface area contributed by atoms with Gasteiger partial charge in [0.25, 0.3) is 11.6 Å². The molecule has 1 rings (SSSR count). The van der Waals surface area contributed by atoms with Gasteiger partial charge in [-0.3, -0.25) is 14.9 Å². The minimum atomic E-state index is -0.518. The summed E-state index contributed by atoms with van der Waals surface area (Å²) in [7, 11) is 3.25. The molecular weight excluding hydrogens is 260 g/mol. The van der Waals surface area contributed by atoms with Crippen molar-refractivity contribution < 1.29 is 9.72 Å². The first kappa shape index (κ1) is 15.9. The zero-order valence-electron chi connectivity index (χ0n) is 12.1. The number of rotatable bonds is 5. The number of nitrogens with one attached hydrogen (secondary N) is 1. The van der Waals surface area contributed by atoms with Crippen molar-refractivity contribution >= 4 is 17.3 Å². The van der Waals surface area contributed by atoms with Crippen LogP contribution in [0.3, 0.4) is 0 Å². The molecule has 0 bridgehead atoms. The van der Waals surface area contributed by atoms with Gasteiger partial charge in [0.2, 0.25) is 0 Å². The molecule has 7 nitrogen and oxygen atoms in total. The minimum absolute atomic E-state index is 0.0791. The van der Waals surface area contributed by atoms with Gasteiger partial charge in [-0.05, 0) is 26.0 Å². The van der Waals surface area contributed by atoms with Crippen LogP contribution in [0.1, 0.15) is 24.2 Å². The van der Waals surface area contributed by atoms with Crippen molar-refractivity contribution in [1.29, 1.82) is 0 Å². The Labute approximate surface area is 117 Å². The second-order valence-corrected chi connectivity index (χ2v) is 5.53. The monoisotopic (exact) mass is 280 g/mol. The first-order valence-corrected chi connectivity index (χ1v) is 6.14. The van der Waals surface area contributed by atoms with Crippen LogP contribution in [0.5, 0.6) is 0 Å². The van der Waals surface area contributed by atoms with E-state index in [0.29, 0.717) is 17.8 Å². The van der Waals surface area contributed by atoms with Crippen molar-refractivity contribution in [2.24, 2.45) is 5.73 Å². The minimum Gasteiger partial charge on any atom is -0.378 e. The van der Waals surface area contributed by atoms with E-state index < -0.39 is 10.5 Å². The summed E-state index contributed by atoms with van der Waals surface area (Å²) in [6.45, 7) is 3.97. The summed E-state index contributed by atoms with van der Waals surface area (Å²) in [5.74, 6) is -0.213. The molecule has 0 aliphatic carbocycles. The molecule has 1 amide bonds. The molecule has 0 heterocycles. The van der Waals surface area contributed by atoms with Gasteiger partial charge < -0.3 is 16.0 Å². The molecule has 1 aromatic carbocycles. The molecule has 0 unspecified atom stereocenters. The van der Waals surface area contributed by atoms with E-state index in [9.17, 15) is 14.9 Å². The Morgan fingerprint density at radius 1 is 1.45 bits per heavy atom. The Balaban J connectivity index is 3.12. The number of hydrogen-bond acceptors (Lipinski definition) is 5. The van der Waals surface area contributed by atoms with Crippen LogP contribution in [0.4, 0.5) is 11.4 Å². The van der Waals surface area contributed by atoms with Gasteiger partial charge in [0.1, 0.15) is 5.69 Å². The highest BCUT2D eigenvalue weighted by Crippen LogP contribution is 2.26. The van der Waals surface area contributed by atoms with E-state index >= 15 is 0 Å². The highest BCUT2D eigenvalue weighted by Gasteiger charge is 2.19. The lowest BCUT2D eigenvalue weighted by Gasteiger charge is -2.20. The molecule has 0 saturated heterocycles. The van der Waals surface area contributed by atoms with Crippen LogP contribution in [0, 0.1) is 10.1 Å². The maximum atomic E-state index is 11.9. The fourth-order valence-electron chi connectivity index (χ4n) is 1.55. The topological polar surface area (TPSA) is 102 Å². The third-order valence-corrected chi connectivity index (χ3v) is 2.58. The normalized spacial score (nSPS) is 11.1. The van der Waals surface area contributed by atoms with Crippen molar-refractivity contribution in [3.05, 3.63) is 33.9 Å². The van der Waals surface area contributed by atoms with Crippen LogP contribution in [-0.2, 0) is 0 Å². The van der Waals surface area contributed by atoms with E-state index in [4.69, 9.17) is 5.73 Å². The van der Waals surface area contributed by atoms with E-state index in [1.165, 1.54) is 23.1 Å². The summed E-state index contributed by atoms with van der Waals surface area (Å²) < 4.78 is 0. The van der Waals surface area contributed by atoms with Gasteiger partial charge in [-0.15, -0.1) is 0 Å². The summed E-state index contributed by atoms with van der Waals surface area (Å²) in [6.07, 6.45) is 0. The van der Waals surface area contributed by atoms with Crippen LogP contribution < -0.4 is 11.1 Å². The molecule has 0 aliphatic heterocycles. The zero-order valence-corrected chi connectivity index (χ0v) is 12.1. The number of nitro benzene ring substituents is 1. The second-order valence-electron chi connectivity index (χ2n) is 5.53. The summed E-state index contributed by atoms with van der Waals surface area (Å²) >= 11 is 0. The molecule has 0 radical (unpaired) electrons. The fraction of sp³-hybridized carbons (Fsp3) is 0.462. The highest BCUT2D eigenvalue weighted by atomic mass is 16.6. The Morgan fingerprint density at radius 3 is 2.50 bits per heavy atom. The molecule has 0 atom stereocenters. The lowest BCUT2D eigenvalue weighted by molar-refractivity contribution is -0.384. The molecule has 0 aromatic heterocycles. The van der Waals surface area contributed by atoms with E-state index in [-0.39, 0.29) is 11.6 Å². The lowest BCUT2D eigenvalue weighted by atomic mass is 10.1. The lowest BCUT2D eigenvalue weighted by Crippen LogP contribution is -2.39. The van der Waals surface area contributed by atoms with Crippen LogP contribution in [0.15, 0.2) is 18.2 Å². The van der Waals surface area contributed by atoms with Gasteiger partial charge in [0.05, 0.1) is 4.92 Å². The molecule has 110 valence electrons. The van der Waals surface area contributed by atoms with Crippen molar-refractivity contribution in [3.8, 4) is 0 Å². The maximum absolute atomic E-state index is 11.9. The highest BCUT2D eigenvalue weighted by molar-refractivity contribution is 5.95. The van der Waals surface area contributed by atoms with E-state index in [0.717, 1.165) is 0 Å². The van der Waals surface area contributed by atoms with Gasteiger partial charge in [0.15, 0.2) is 0 Å². The zero-order chi connectivity index (χ0) is 15.5. The fourth-order valence-corrected chi connectivity index (χ4v) is 1.55. The van der Waals surface area contributed by atoms with Crippen LogP contribution in [0.2, 0.25) is 0 Å². The Hall–Kier alpha value is -2.15. The SMILES string of the molecule is CN(C)C(=O)c1ccc([N+](=O)[O-])c(NCC(C)(C)N)c1. The number of nitro groups is 1. The third kappa shape index (κ3) is 4.20. The molecule has 0 saturated carbocycles. The van der Waals surface area contributed by atoms with Gasteiger partial charge in [0, 0.05) is 37.8 Å². The number of hydrogen-bond donors (Lipinski definition) is 2. The van der Waals surface area contributed by atoms with Crippen molar-refractivity contribution in [2.75, 3.05) is 26.0 Å². The van der Waals surface area contributed by atoms with Crippen LogP contribution in [-0.4, -0.2) is 41.9 Å². The molecule has 1 aromatic rings. The van der Waals surface area contributed by atoms with Gasteiger partial charge >= 0.3 is 0 Å². The summed E-state index contributed by atoms with van der Waals surface area (Å²) in [5.41, 5.74) is 5.93. The average molecular weight is 280 g/mol. The summed E-state index contributed by atoms with van der Waals surface area (Å²) in [6, 6.07) is 4.24. The van der Waals surface area contributed by atoms with Crippen molar-refractivity contribution in [3.63, 3.8) is 0 Å². The summed E-state index contributed by atoms with van der Waals surface area (Å²) in [4.78, 5) is 23.8. The Bertz CT molecular complexity index is 521. The average Bonchev–Trinajstić information content (AvgIpc) is 2.33. The number of nitrogens with zero attached hydrogens (tertiary/aromatic N) is 2. The first-order valence-electron chi connectivity index (χ1n) is 6.14. The van der Waals surface area contributed by atoms with Crippen molar-refractivity contribution in [2.45, 2.75) is 19.4 Å². The predicted octanol–water partition coefficient (Wildman–Crippen LogP) is 1.45. The van der Waals surface area contributed by atoms with Gasteiger partial charge in [-0.2, -0.15) is 0 Å². The maximum Gasteiger partial charge on any atom is 0.292 e. The molecule has 0 aliphatic rings. The van der Waals surface area contributed by atoms with E-state index in [2.05, 4.69) is 5.32 Å². The van der Waals surface area contributed by atoms with E-state index in [1.54, 1.807) is 27.9 Å². The molecule has 3 N–H and O–H groups in total. The number of carbonyl (C=O) groups is 1. The second kappa shape index (κ2) is 5.87. The summed E-state index contributed by atoms with van der Waals surface area (Å²) in [5, 5.41) is 13.9. The predicted molar refractivity (Wildman–Crippen MR) is 77.9 cm³/mol. The molecule has 0 spiro atoms. The number of anilines is 1. The van der Waals surface area contributed by atoms with Crippen LogP contribution in [0.25, 0.3) is 0 Å². The van der Waals surface area contributed by atoms with Crippen LogP contribution >= 0.6 is 0 Å². The molecule has 0 fully saturated rings. The van der Waals surface area contributed by atoms with Gasteiger partial charge in [-0.1, -0.05) is 0 Å². The Kier molecular flexibility index (Phi) is 4.67. The molecular formula is C13H20N4O3. The first-order chi connectivity index (χ1) is 9.11. The van der Waals surface area contributed by atoms with Gasteiger partial charge in [-0.25, -0.2) is 0 Å². The molecule has 7 heteroatoms. The molecule has 20 heavy (non-hydrogen) atoms.